The molecule has 0 bridgehead atoms. The van der Waals surface area contributed by atoms with E-state index in [-0.39, 0.29) is 13.1 Å². The molecule has 0 radical (unpaired) electrons. The van der Waals surface area contributed by atoms with Crippen LogP contribution in [0.25, 0.3) is 0 Å². The van der Waals surface area contributed by atoms with Gasteiger partial charge in [-0.05, 0) is 35.4 Å². The number of carbonyl (C=O) groups excluding carboxylic acids is 2. The monoisotopic (exact) mass is 352 g/mol. The van der Waals surface area contributed by atoms with Crippen LogP contribution < -0.4 is 4.74 Å². The summed E-state index contributed by atoms with van der Waals surface area (Å²) in [6.07, 6.45) is -1.09. The maximum Gasteiger partial charge on any atom is 0.407 e. The van der Waals surface area contributed by atoms with Crippen LogP contribution in [0.1, 0.15) is 37.9 Å². The molecule has 2 aliphatic rings. The number of imide groups is 1. The SMILES string of the molecule is COc1ccc2c(c1)C(N1C(=O)c3ccccc3C1=O)CN(C(=O)O)C2. The van der Waals surface area contributed by atoms with Crippen molar-refractivity contribution in [3.63, 3.8) is 0 Å². The Morgan fingerprint density at radius 1 is 1.12 bits per heavy atom. The maximum absolute atomic E-state index is 12.9. The van der Waals surface area contributed by atoms with Crippen LogP contribution >= 0.6 is 0 Å². The molecule has 0 aromatic heterocycles. The highest BCUT2D eigenvalue weighted by molar-refractivity contribution is 6.21. The molecule has 0 spiro atoms. The van der Waals surface area contributed by atoms with Crippen molar-refractivity contribution >= 4 is 17.9 Å². The summed E-state index contributed by atoms with van der Waals surface area (Å²) < 4.78 is 5.26. The van der Waals surface area contributed by atoms with Gasteiger partial charge in [-0.1, -0.05) is 18.2 Å². The minimum Gasteiger partial charge on any atom is -0.497 e. The average Bonchev–Trinajstić information content (AvgIpc) is 2.91. The summed E-state index contributed by atoms with van der Waals surface area (Å²) in [6, 6.07) is 11.2. The van der Waals surface area contributed by atoms with Gasteiger partial charge < -0.3 is 14.7 Å². The lowest BCUT2D eigenvalue weighted by Crippen LogP contribution is -2.46. The Kier molecular flexibility index (Phi) is 3.64. The summed E-state index contributed by atoms with van der Waals surface area (Å²) in [7, 11) is 1.53. The Morgan fingerprint density at radius 3 is 2.35 bits per heavy atom. The summed E-state index contributed by atoms with van der Waals surface area (Å²) >= 11 is 0. The predicted octanol–water partition coefficient (Wildman–Crippen LogP) is 2.53. The molecule has 3 amide bonds. The van der Waals surface area contributed by atoms with E-state index in [9.17, 15) is 19.5 Å². The van der Waals surface area contributed by atoms with Gasteiger partial charge in [-0.2, -0.15) is 0 Å². The number of ether oxygens (including phenoxy) is 1. The molecule has 2 heterocycles. The van der Waals surface area contributed by atoms with E-state index in [4.69, 9.17) is 4.74 Å². The minimum atomic E-state index is -1.09. The second kappa shape index (κ2) is 5.87. The normalized spacial score (nSPS) is 18.6. The highest BCUT2D eigenvalue weighted by Gasteiger charge is 2.43. The van der Waals surface area contributed by atoms with Gasteiger partial charge in [0.05, 0.1) is 24.3 Å². The molecule has 0 saturated carbocycles. The molecule has 0 saturated heterocycles. The van der Waals surface area contributed by atoms with Crippen LogP contribution in [0.3, 0.4) is 0 Å². The topological polar surface area (TPSA) is 87.2 Å². The van der Waals surface area contributed by atoms with Gasteiger partial charge in [-0.15, -0.1) is 0 Å². The van der Waals surface area contributed by atoms with E-state index in [1.807, 2.05) is 0 Å². The van der Waals surface area contributed by atoms with Crippen molar-refractivity contribution in [3.8, 4) is 5.75 Å². The maximum atomic E-state index is 12.9. The molecule has 132 valence electrons. The Labute approximate surface area is 149 Å². The highest BCUT2D eigenvalue weighted by atomic mass is 16.5. The van der Waals surface area contributed by atoms with Crippen LogP contribution in [0, 0.1) is 0 Å². The quantitative estimate of drug-likeness (QED) is 0.839. The zero-order valence-electron chi connectivity index (χ0n) is 14.0. The van der Waals surface area contributed by atoms with Gasteiger partial charge in [0.25, 0.3) is 11.8 Å². The minimum absolute atomic E-state index is 0.0287. The molecule has 0 aliphatic carbocycles. The van der Waals surface area contributed by atoms with E-state index in [0.29, 0.717) is 16.9 Å². The van der Waals surface area contributed by atoms with Crippen LogP contribution in [0.2, 0.25) is 0 Å². The van der Waals surface area contributed by atoms with Gasteiger partial charge in [-0.25, -0.2) is 4.79 Å². The highest BCUT2D eigenvalue weighted by Crippen LogP contribution is 2.38. The fourth-order valence-corrected chi connectivity index (χ4v) is 3.59. The third kappa shape index (κ3) is 2.32. The molecule has 0 fully saturated rings. The molecule has 2 aromatic rings. The summed E-state index contributed by atoms with van der Waals surface area (Å²) in [5.41, 5.74) is 2.17. The first-order valence-electron chi connectivity index (χ1n) is 8.13. The Morgan fingerprint density at radius 2 is 1.77 bits per heavy atom. The van der Waals surface area contributed by atoms with E-state index in [0.717, 1.165) is 16.0 Å². The standard InChI is InChI=1S/C19H16N2O5/c1-26-12-7-6-11-9-20(19(24)25)10-16(15(11)8-12)21-17(22)13-4-2-3-5-14(13)18(21)23/h2-8,16H,9-10H2,1H3,(H,24,25). The number of fused-ring (bicyclic) bond motifs is 2. The molecule has 2 aromatic carbocycles. The Bertz CT molecular complexity index is 904. The molecule has 7 heteroatoms. The lowest BCUT2D eigenvalue weighted by atomic mass is 9.94. The van der Waals surface area contributed by atoms with Crippen molar-refractivity contribution in [2.45, 2.75) is 12.6 Å². The number of hydrogen-bond acceptors (Lipinski definition) is 4. The molecule has 26 heavy (non-hydrogen) atoms. The molecule has 1 atom stereocenters. The van der Waals surface area contributed by atoms with Crippen LogP contribution in [-0.4, -0.2) is 46.5 Å². The second-order valence-corrected chi connectivity index (χ2v) is 6.27. The summed E-state index contributed by atoms with van der Waals surface area (Å²) in [5, 5.41) is 9.44. The number of carbonyl (C=O) groups is 3. The van der Waals surface area contributed by atoms with E-state index < -0.39 is 23.9 Å². The van der Waals surface area contributed by atoms with Crippen LogP contribution in [-0.2, 0) is 6.54 Å². The summed E-state index contributed by atoms with van der Waals surface area (Å²) in [4.78, 5) is 39.6. The largest absolute Gasteiger partial charge is 0.497 e. The first-order valence-corrected chi connectivity index (χ1v) is 8.13. The molecule has 1 N–H and O–H groups in total. The third-order valence-electron chi connectivity index (χ3n) is 4.87. The van der Waals surface area contributed by atoms with Gasteiger partial charge in [0, 0.05) is 13.1 Å². The Hall–Kier alpha value is -3.35. The number of amides is 3. The first-order chi connectivity index (χ1) is 12.5. The average molecular weight is 352 g/mol. The second-order valence-electron chi connectivity index (χ2n) is 6.27. The molecular weight excluding hydrogens is 336 g/mol. The molecule has 4 rings (SSSR count). The fraction of sp³-hybridized carbons (Fsp3) is 0.211. The van der Waals surface area contributed by atoms with Crippen LogP contribution in [0.15, 0.2) is 42.5 Å². The molecule has 7 nitrogen and oxygen atoms in total. The van der Waals surface area contributed by atoms with Gasteiger partial charge in [0.1, 0.15) is 5.75 Å². The fourth-order valence-electron chi connectivity index (χ4n) is 3.59. The number of carboxylic acid groups (broad SMARTS) is 1. The lowest BCUT2D eigenvalue weighted by molar-refractivity contribution is 0.0509. The lowest BCUT2D eigenvalue weighted by Gasteiger charge is -2.37. The summed E-state index contributed by atoms with van der Waals surface area (Å²) in [5.74, 6) is -0.220. The van der Waals surface area contributed by atoms with E-state index >= 15 is 0 Å². The van der Waals surface area contributed by atoms with E-state index in [1.165, 1.54) is 12.0 Å². The number of methoxy groups -OCH3 is 1. The zero-order valence-corrected chi connectivity index (χ0v) is 14.0. The van der Waals surface area contributed by atoms with Gasteiger partial charge in [-0.3, -0.25) is 14.5 Å². The Balaban J connectivity index is 1.82. The number of benzene rings is 2. The number of rotatable bonds is 2. The predicted molar refractivity (Wildman–Crippen MR) is 91.1 cm³/mol. The third-order valence-corrected chi connectivity index (χ3v) is 4.87. The molecular formula is C19H16N2O5. The smallest absolute Gasteiger partial charge is 0.407 e. The van der Waals surface area contributed by atoms with Crippen molar-refractivity contribution in [1.82, 2.24) is 9.80 Å². The number of hydrogen-bond donors (Lipinski definition) is 1. The van der Waals surface area contributed by atoms with Crippen molar-refractivity contribution in [1.29, 1.82) is 0 Å². The first kappa shape index (κ1) is 16.1. The van der Waals surface area contributed by atoms with E-state index in [2.05, 4.69) is 0 Å². The van der Waals surface area contributed by atoms with Crippen molar-refractivity contribution in [2.75, 3.05) is 13.7 Å². The van der Waals surface area contributed by atoms with Gasteiger partial charge >= 0.3 is 6.09 Å². The van der Waals surface area contributed by atoms with Crippen molar-refractivity contribution < 1.29 is 24.2 Å². The van der Waals surface area contributed by atoms with Gasteiger partial charge in [0.15, 0.2) is 0 Å². The molecule has 1 unspecified atom stereocenters. The van der Waals surface area contributed by atoms with Crippen molar-refractivity contribution in [3.05, 3.63) is 64.7 Å². The number of nitrogens with zero attached hydrogens (tertiary/aromatic N) is 2. The van der Waals surface area contributed by atoms with Crippen LogP contribution in [0.4, 0.5) is 4.79 Å². The van der Waals surface area contributed by atoms with Gasteiger partial charge in [0.2, 0.25) is 0 Å². The van der Waals surface area contributed by atoms with Crippen LogP contribution in [0.5, 0.6) is 5.75 Å². The summed E-state index contributed by atoms with van der Waals surface area (Å²) in [6.45, 7) is 0.231. The van der Waals surface area contributed by atoms with Crippen molar-refractivity contribution in [2.24, 2.45) is 0 Å². The zero-order chi connectivity index (χ0) is 18.4. The molecule has 2 aliphatic heterocycles. The van der Waals surface area contributed by atoms with E-state index in [1.54, 1.807) is 42.5 Å².